The quantitative estimate of drug-likeness (QED) is 0.210. The van der Waals surface area contributed by atoms with Crippen molar-refractivity contribution in [2.75, 3.05) is 31.1 Å². The molecule has 0 aliphatic carbocycles. The van der Waals surface area contributed by atoms with Crippen LogP contribution in [0.2, 0.25) is 5.02 Å². The van der Waals surface area contributed by atoms with Crippen LogP contribution in [0.5, 0.6) is 0 Å². The summed E-state index contributed by atoms with van der Waals surface area (Å²) in [7, 11) is 0. The zero-order valence-electron chi connectivity index (χ0n) is 26.1. The number of unbranched alkanes of at least 4 members (excludes halogenated alkanes) is 3. The number of amides is 3. The fourth-order valence-electron chi connectivity index (χ4n) is 7.71. The molecule has 240 valence electrons. The summed E-state index contributed by atoms with van der Waals surface area (Å²) in [5, 5.41) is 9.66. The highest BCUT2D eigenvalue weighted by atomic mass is 35.5. The third-order valence-corrected chi connectivity index (χ3v) is 10.0. The van der Waals surface area contributed by atoms with Crippen LogP contribution in [0.4, 0.5) is 5.69 Å². The Morgan fingerprint density at radius 2 is 1.69 bits per heavy atom. The maximum absolute atomic E-state index is 14.8. The smallest absolute Gasteiger partial charge is 0.253 e. The lowest BCUT2D eigenvalue weighted by molar-refractivity contribution is -0.150. The summed E-state index contributed by atoms with van der Waals surface area (Å²) in [6, 6.07) is 16.0. The molecule has 3 amide bonds. The molecule has 2 unspecified atom stereocenters. The molecule has 2 aromatic carbocycles. The van der Waals surface area contributed by atoms with Crippen molar-refractivity contribution >= 4 is 35.0 Å². The lowest BCUT2D eigenvalue weighted by Gasteiger charge is -2.37. The highest BCUT2D eigenvalue weighted by molar-refractivity contribution is 6.34. The first-order valence-corrected chi connectivity index (χ1v) is 16.3. The van der Waals surface area contributed by atoms with Crippen LogP contribution in [-0.4, -0.2) is 76.1 Å². The molecule has 45 heavy (non-hydrogen) atoms. The van der Waals surface area contributed by atoms with Crippen LogP contribution in [0, 0.1) is 11.8 Å². The van der Waals surface area contributed by atoms with E-state index in [4.69, 9.17) is 16.3 Å². The number of hydrogen-bond acceptors (Lipinski definition) is 5. The monoisotopic (exact) mass is 633 g/mol. The topological polar surface area (TPSA) is 90.4 Å². The van der Waals surface area contributed by atoms with E-state index in [9.17, 15) is 19.5 Å². The molecule has 0 saturated carbocycles. The number of hydrogen-bond donors (Lipinski definition) is 1. The summed E-state index contributed by atoms with van der Waals surface area (Å²) in [4.78, 5) is 48.9. The SMILES string of the molecule is C=CCN(Cc1ccccc1)C(=O)[C@H]1[C@H]2C(=O)N(CCCCCCO)C(C(=O)N(CC=C)c3ccccc3Cl)C23CC[C@]1(C)O3. The van der Waals surface area contributed by atoms with Gasteiger partial charge in [0, 0.05) is 32.8 Å². The first-order chi connectivity index (χ1) is 21.7. The molecule has 3 heterocycles. The predicted octanol–water partition coefficient (Wildman–Crippen LogP) is 5.39. The van der Waals surface area contributed by atoms with Gasteiger partial charge < -0.3 is 24.5 Å². The Balaban J connectivity index is 1.53. The number of fused-ring (bicyclic) bond motifs is 1. The number of carbonyl (C=O) groups excluding carboxylic acids is 3. The van der Waals surface area contributed by atoms with Crippen molar-refractivity contribution in [3.8, 4) is 0 Å². The minimum atomic E-state index is -1.15. The second-order valence-electron chi connectivity index (χ2n) is 12.6. The Kier molecular flexibility index (Phi) is 10.2. The molecule has 0 radical (unpaired) electrons. The average molecular weight is 634 g/mol. The summed E-state index contributed by atoms with van der Waals surface area (Å²) < 4.78 is 6.88. The molecular formula is C36H44ClN3O5. The molecule has 9 heteroatoms. The number of rotatable bonds is 15. The highest BCUT2D eigenvalue weighted by Crippen LogP contribution is 2.63. The van der Waals surface area contributed by atoms with Crippen molar-refractivity contribution in [3.63, 3.8) is 0 Å². The van der Waals surface area contributed by atoms with Crippen LogP contribution in [0.1, 0.15) is 51.0 Å². The normalized spacial score (nSPS) is 26.5. The van der Waals surface area contributed by atoms with E-state index >= 15 is 0 Å². The molecule has 2 aromatic rings. The number of likely N-dealkylation sites (tertiary alicyclic amines) is 1. The van der Waals surface area contributed by atoms with E-state index in [1.807, 2.05) is 43.3 Å². The van der Waals surface area contributed by atoms with Crippen molar-refractivity contribution in [1.29, 1.82) is 0 Å². The zero-order chi connectivity index (χ0) is 32.2. The summed E-state index contributed by atoms with van der Waals surface area (Å²) >= 11 is 6.59. The molecule has 8 nitrogen and oxygen atoms in total. The van der Waals surface area contributed by atoms with E-state index in [2.05, 4.69) is 13.2 Å². The second kappa shape index (κ2) is 13.9. The minimum absolute atomic E-state index is 0.115. The average Bonchev–Trinajstić information content (AvgIpc) is 3.60. The van der Waals surface area contributed by atoms with E-state index in [1.54, 1.807) is 45.1 Å². The number of nitrogens with zero attached hydrogens (tertiary/aromatic N) is 3. The Morgan fingerprint density at radius 3 is 2.38 bits per heavy atom. The van der Waals surface area contributed by atoms with Crippen molar-refractivity contribution < 1.29 is 24.2 Å². The van der Waals surface area contributed by atoms with Crippen molar-refractivity contribution in [1.82, 2.24) is 9.80 Å². The van der Waals surface area contributed by atoms with Crippen LogP contribution in [0.25, 0.3) is 0 Å². The molecule has 2 bridgehead atoms. The number of para-hydroxylation sites is 1. The van der Waals surface area contributed by atoms with E-state index in [0.29, 0.717) is 56.0 Å². The van der Waals surface area contributed by atoms with Crippen LogP contribution in [0.15, 0.2) is 79.9 Å². The first-order valence-electron chi connectivity index (χ1n) is 15.9. The third kappa shape index (κ3) is 6.08. The summed E-state index contributed by atoms with van der Waals surface area (Å²) in [5.74, 6) is -2.21. The van der Waals surface area contributed by atoms with E-state index in [-0.39, 0.29) is 30.9 Å². The van der Waals surface area contributed by atoms with Gasteiger partial charge in [-0.15, -0.1) is 13.2 Å². The third-order valence-electron chi connectivity index (χ3n) is 9.68. The van der Waals surface area contributed by atoms with E-state index < -0.39 is 29.1 Å². The van der Waals surface area contributed by atoms with Crippen molar-refractivity contribution in [2.45, 2.75) is 69.2 Å². The number of aliphatic hydroxyl groups is 1. The molecule has 3 aliphatic rings. The molecule has 1 spiro atoms. The Labute approximate surface area is 271 Å². The van der Waals surface area contributed by atoms with Crippen LogP contribution < -0.4 is 4.90 Å². The molecule has 3 saturated heterocycles. The fourth-order valence-corrected chi connectivity index (χ4v) is 7.95. The highest BCUT2D eigenvalue weighted by Gasteiger charge is 2.78. The van der Waals surface area contributed by atoms with Crippen molar-refractivity contribution in [3.05, 3.63) is 90.5 Å². The van der Waals surface area contributed by atoms with Gasteiger partial charge >= 0.3 is 0 Å². The van der Waals surface area contributed by atoms with Crippen LogP contribution >= 0.6 is 11.6 Å². The standard InChI is InChI=1S/C36H44ClN3O5/c1-4-21-38(25-26-15-9-8-10-16-26)32(42)29-30-33(43)40(23-13-6-7-14-24-41)31(36(30)20-19-35(29,3)45-36)34(44)39(22-5-2)28-18-12-11-17-27(28)37/h4-5,8-12,15-18,29-31,41H,1-2,6-7,13-14,19-25H2,3H3/t29-,30+,31?,35+,36?/m1/s1. The van der Waals surface area contributed by atoms with Gasteiger partial charge in [0.2, 0.25) is 11.8 Å². The van der Waals surface area contributed by atoms with Gasteiger partial charge in [0.1, 0.15) is 11.6 Å². The van der Waals surface area contributed by atoms with Gasteiger partial charge in [-0.1, -0.05) is 79.1 Å². The Hall–Kier alpha value is -3.46. The summed E-state index contributed by atoms with van der Waals surface area (Å²) in [6.45, 7) is 11.0. The molecule has 3 aliphatic heterocycles. The number of ether oxygens (including phenoxy) is 1. The maximum Gasteiger partial charge on any atom is 0.253 e. The van der Waals surface area contributed by atoms with Crippen molar-refractivity contribution in [2.24, 2.45) is 11.8 Å². The van der Waals surface area contributed by atoms with Gasteiger partial charge in [0.05, 0.1) is 28.1 Å². The lowest BCUT2D eigenvalue weighted by Crippen LogP contribution is -2.56. The van der Waals surface area contributed by atoms with E-state index in [1.165, 1.54) is 0 Å². The molecule has 5 rings (SSSR count). The van der Waals surface area contributed by atoms with Gasteiger partial charge in [-0.25, -0.2) is 0 Å². The van der Waals surface area contributed by atoms with Crippen LogP contribution in [0.3, 0.4) is 0 Å². The van der Waals surface area contributed by atoms with Gasteiger partial charge in [0.25, 0.3) is 5.91 Å². The zero-order valence-corrected chi connectivity index (χ0v) is 26.8. The van der Waals surface area contributed by atoms with Crippen LogP contribution in [-0.2, 0) is 25.7 Å². The second-order valence-corrected chi connectivity index (χ2v) is 13.0. The van der Waals surface area contributed by atoms with Gasteiger partial charge in [0.15, 0.2) is 0 Å². The molecule has 0 aromatic heterocycles. The number of anilines is 1. The number of benzene rings is 2. The Bertz CT molecular complexity index is 1420. The van der Waals surface area contributed by atoms with Gasteiger partial charge in [-0.05, 0) is 50.3 Å². The lowest BCUT2D eigenvalue weighted by atomic mass is 9.66. The first kappa shape index (κ1) is 32.9. The predicted molar refractivity (Wildman–Crippen MR) is 176 cm³/mol. The maximum atomic E-state index is 14.8. The summed E-state index contributed by atoms with van der Waals surface area (Å²) in [6.07, 6.45) is 7.36. The van der Waals surface area contributed by atoms with Gasteiger partial charge in [-0.3, -0.25) is 14.4 Å². The number of aliphatic hydroxyl groups excluding tert-OH is 1. The number of carbonyl (C=O) groups is 3. The fraction of sp³-hybridized carbons (Fsp3) is 0.472. The summed E-state index contributed by atoms with van der Waals surface area (Å²) in [5.41, 5.74) is -0.536. The minimum Gasteiger partial charge on any atom is -0.396 e. The molecular weight excluding hydrogens is 590 g/mol. The Morgan fingerprint density at radius 1 is 1.00 bits per heavy atom. The molecule has 1 N–H and O–H groups in total. The van der Waals surface area contributed by atoms with E-state index in [0.717, 1.165) is 18.4 Å². The molecule has 3 fully saturated rings. The van der Waals surface area contributed by atoms with Gasteiger partial charge in [-0.2, -0.15) is 0 Å². The largest absolute Gasteiger partial charge is 0.396 e. The number of halogens is 1. The molecule has 5 atom stereocenters.